The molecule has 0 aliphatic carbocycles. The second-order valence-corrected chi connectivity index (χ2v) is 2.68. The molecule has 1 rings (SSSR count). The maximum atomic E-state index is 10.0. The molecule has 4 heteroatoms. The molecule has 0 unspecified atom stereocenters. The molecule has 0 amide bonds. The summed E-state index contributed by atoms with van der Waals surface area (Å²) in [4.78, 5) is 10.0. The maximum Gasteiger partial charge on any atom is 0.157 e. The van der Waals surface area contributed by atoms with E-state index in [0.717, 1.165) is 0 Å². The summed E-state index contributed by atoms with van der Waals surface area (Å²) < 4.78 is 9.97. The summed E-state index contributed by atoms with van der Waals surface area (Å²) in [7, 11) is 1.53. The van der Waals surface area contributed by atoms with Crippen LogP contribution in [0.25, 0.3) is 0 Å². The van der Waals surface area contributed by atoms with E-state index < -0.39 is 0 Å². The molecule has 0 heterocycles. The number of rotatable bonds is 4. The largest absolute Gasteiger partial charge is 0.495 e. The molecule has 0 fully saturated rings. The fourth-order valence-corrected chi connectivity index (χ4v) is 1.11. The lowest BCUT2D eigenvalue weighted by Crippen LogP contribution is -1.97. The van der Waals surface area contributed by atoms with E-state index in [1.54, 1.807) is 18.2 Å². The molecule has 70 valence electrons. The Labute approximate surface area is 81.2 Å². The summed E-state index contributed by atoms with van der Waals surface area (Å²) in [6.07, 6.45) is 0.679. The molecule has 1 aromatic rings. The lowest BCUT2D eigenvalue weighted by Gasteiger charge is -2.05. The normalized spacial score (nSPS) is 9.38. The van der Waals surface area contributed by atoms with Gasteiger partial charge in [-0.3, -0.25) is 4.79 Å². The average molecular weight is 201 g/mol. The van der Waals surface area contributed by atoms with Crippen molar-refractivity contribution in [3.8, 4) is 11.5 Å². The van der Waals surface area contributed by atoms with E-state index in [1.807, 2.05) is 0 Å². The Morgan fingerprint density at radius 2 is 2.31 bits per heavy atom. The summed E-state index contributed by atoms with van der Waals surface area (Å²) in [6, 6.07) is 4.97. The highest BCUT2D eigenvalue weighted by Gasteiger charge is 2.01. The number of carbonyl (C=O) groups excluding carboxylic acids is 1. The average Bonchev–Trinajstić information content (AvgIpc) is 2.15. The molecular weight excluding hydrogens is 192 g/mol. The summed E-state index contributed by atoms with van der Waals surface area (Å²) >= 11 is 5.82. The van der Waals surface area contributed by atoms with Crippen molar-refractivity contribution in [3.63, 3.8) is 0 Å². The SMILES string of the molecule is COc1ccc(OCC=O)cc1Cl. The van der Waals surface area contributed by atoms with Gasteiger partial charge in [-0.15, -0.1) is 0 Å². The van der Waals surface area contributed by atoms with Crippen molar-refractivity contribution in [2.45, 2.75) is 0 Å². The summed E-state index contributed by atoms with van der Waals surface area (Å²) in [6.45, 7) is 0.0304. The van der Waals surface area contributed by atoms with Crippen LogP contribution in [-0.4, -0.2) is 20.0 Å². The Kier molecular flexibility index (Phi) is 3.58. The number of hydrogen-bond acceptors (Lipinski definition) is 3. The van der Waals surface area contributed by atoms with Crippen LogP contribution in [0.15, 0.2) is 18.2 Å². The van der Waals surface area contributed by atoms with Crippen molar-refractivity contribution < 1.29 is 14.3 Å². The number of carbonyl (C=O) groups is 1. The van der Waals surface area contributed by atoms with Crippen LogP contribution in [0.5, 0.6) is 11.5 Å². The van der Waals surface area contributed by atoms with E-state index in [9.17, 15) is 4.79 Å². The molecule has 1 aromatic carbocycles. The van der Waals surface area contributed by atoms with E-state index in [-0.39, 0.29) is 6.61 Å². The molecular formula is C9H9ClO3. The van der Waals surface area contributed by atoms with Crippen LogP contribution in [0.2, 0.25) is 5.02 Å². The van der Waals surface area contributed by atoms with Crippen molar-refractivity contribution in [1.82, 2.24) is 0 Å². The molecule has 0 spiro atoms. The Morgan fingerprint density at radius 3 is 2.85 bits per heavy atom. The first-order chi connectivity index (χ1) is 6.27. The highest BCUT2D eigenvalue weighted by molar-refractivity contribution is 6.32. The first kappa shape index (κ1) is 9.86. The minimum Gasteiger partial charge on any atom is -0.495 e. The van der Waals surface area contributed by atoms with E-state index >= 15 is 0 Å². The van der Waals surface area contributed by atoms with Crippen molar-refractivity contribution in [3.05, 3.63) is 23.2 Å². The maximum absolute atomic E-state index is 10.0. The zero-order valence-electron chi connectivity index (χ0n) is 7.12. The molecule has 0 aliphatic rings. The third kappa shape index (κ3) is 2.63. The Morgan fingerprint density at radius 1 is 1.54 bits per heavy atom. The van der Waals surface area contributed by atoms with Crippen molar-refractivity contribution in [2.75, 3.05) is 13.7 Å². The first-order valence-corrected chi connectivity index (χ1v) is 4.05. The molecule has 0 saturated heterocycles. The molecule has 3 nitrogen and oxygen atoms in total. The second kappa shape index (κ2) is 4.72. The van der Waals surface area contributed by atoms with Crippen LogP contribution in [0, 0.1) is 0 Å². The third-order valence-corrected chi connectivity index (χ3v) is 1.74. The molecule has 0 atom stereocenters. The van der Waals surface area contributed by atoms with Crippen LogP contribution in [0.1, 0.15) is 0 Å². The Bertz CT molecular complexity index is 299. The second-order valence-electron chi connectivity index (χ2n) is 2.27. The van der Waals surface area contributed by atoms with Gasteiger partial charge in [0.1, 0.15) is 18.1 Å². The van der Waals surface area contributed by atoms with E-state index in [0.29, 0.717) is 22.8 Å². The van der Waals surface area contributed by atoms with Gasteiger partial charge >= 0.3 is 0 Å². The standard InChI is InChI=1S/C9H9ClO3/c1-12-9-3-2-7(6-8(9)10)13-5-4-11/h2-4,6H,5H2,1H3. The first-order valence-electron chi connectivity index (χ1n) is 3.68. The van der Waals surface area contributed by atoms with Gasteiger partial charge in [-0.1, -0.05) is 11.6 Å². The summed E-state index contributed by atoms with van der Waals surface area (Å²) in [5, 5.41) is 0.464. The zero-order valence-corrected chi connectivity index (χ0v) is 7.88. The number of hydrogen-bond donors (Lipinski definition) is 0. The highest BCUT2D eigenvalue weighted by Crippen LogP contribution is 2.28. The predicted octanol–water partition coefficient (Wildman–Crippen LogP) is 1.93. The topological polar surface area (TPSA) is 35.5 Å². The molecule has 0 bridgehead atoms. The summed E-state index contributed by atoms with van der Waals surface area (Å²) in [5.41, 5.74) is 0. The van der Waals surface area contributed by atoms with E-state index in [2.05, 4.69) is 0 Å². The quantitative estimate of drug-likeness (QED) is 0.697. The van der Waals surface area contributed by atoms with E-state index in [1.165, 1.54) is 7.11 Å². The van der Waals surface area contributed by atoms with Gasteiger partial charge in [0, 0.05) is 6.07 Å². The third-order valence-electron chi connectivity index (χ3n) is 1.44. The smallest absolute Gasteiger partial charge is 0.157 e. The van der Waals surface area contributed by atoms with Crippen LogP contribution < -0.4 is 9.47 Å². The van der Waals surface area contributed by atoms with Gasteiger partial charge < -0.3 is 9.47 Å². The van der Waals surface area contributed by atoms with Gasteiger partial charge in [0.05, 0.1) is 12.1 Å². The fraction of sp³-hybridized carbons (Fsp3) is 0.222. The lowest BCUT2D eigenvalue weighted by molar-refractivity contribution is -0.109. The van der Waals surface area contributed by atoms with Gasteiger partial charge in [-0.2, -0.15) is 0 Å². The molecule has 0 saturated carbocycles. The number of benzene rings is 1. The molecule has 13 heavy (non-hydrogen) atoms. The molecule has 0 N–H and O–H groups in total. The monoisotopic (exact) mass is 200 g/mol. The van der Waals surface area contributed by atoms with Gasteiger partial charge in [0.2, 0.25) is 0 Å². The Balaban J connectivity index is 2.76. The van der Waals surface area contributed by atoms with Crippen molar-refractivity contribution in [1.29, 1.82) is 0 Å². The zero-order chi connectivity index (χ0) is 9.68. The van der Waals surface area contributed by atoms with Gasteiger partial charge in [0.25, 0.3) is 0 Å². The molecule has 0 aromatic heterocycles. The van der Waals surface area contributed by atoms with Gasteiger partial charge in [-0.05, 0) is 12.1 Å². The fourth-order valence-electron chi connectivity index (χ4n) is 0.867. The van der Waals surface area contributed by atoms with Gasteiger partial charge in [-0.25, -0.2) is 0 Å². The predicted molar refractivity (Wildman–Crippen MR) is 49.6 cm³/mol. The van der Waals surface area contributed by atoms with Crippen LogP contribution in [0.3, 0.4) is 0 Å². The minimum atomic E-state index is 0.0304. The number of aldehydes is 1. The number of methoxy groups -OCH3 is 1. The lowest BCUT2D eigenvalue weighted by atomic mass is 10.3. The van der Waals surface area contributed by atoms with E-state index in [4.69, 9.17) is 21.1 Å². The van der Waals surface area contributed by atoms with Crippen LogP contribution >= 0.6 is 11.6 Å². The highest BCUT2D eigenvalue weighted by atomic mass is 35.5. The number of ether oxygens (including phenoxy) is 2. The minimum absolute atomic E-state index is 0.0304. The van der Waals surface area contributed by atoms with Gasteiger partial charge in [0.15, 0.2) is 6.29 Å². The number of halogens is 1. The summed E-state index contributed by atoms with van der Waals surface area (Å²) in [5.74, 6) is 1.14. The Hall–Kier alpha value is -1.22. The van der Waals surface area contributed by atoms with Crippen molar-refractivity contribution >= 4 is 17.9 Å². The van der Waals surface area contributed by atoms with Crippen LogP contribution in [0.4, 0.5) is 0 Å². The molecule has 0 aliphatic heterocycles. The van der Waals surface area contributed by atoms with Crippen LogP contribution in [-0.2, 0) is 4.79 Å². The molecule has 0 radical (unpaired) electrons. The van der Waals surface area contributed by atoms with Crippen molar-refractivity contribution in [2.24, 2.45) is 0 Å².